The fourth-order valence-electron chi connectivity index (χ4n) is 0.421. The van der Waals surface area contributed by atoms with Gasteiger partial charge in [-0.1, -0.05) is 0 Å². The SMILES string of the molecule is O=C(O)C1=CC=CN[IH]1. The van der Waals surface area contributed by atoms with Crippen LogP contribution in [0.1, 0.15) is 0 Å². The van der Waals surface area contributed by atoms with Gasteiger partial charge in [-0.3, -0.25) is 0 Å². The zero-order valence-electron chi connectivity index (χ0n) is 4.50. The van der Waals surface area contributed by atoms with E-state index in [2.05, 4.69) is 3.53 Å². The predicted octanol–water partition coefficient (Wildman–Crippen LogP) is 0.690. The second kappa shape index (κ2) is 2.86. The first-order valence-electron chi connectivity index (χ1n) is 2.33. The molecule has 0 unspecified atom stereocenters. The summed E-state index contributed by atoms with van der Waals surface area (Å²) < 4.78 is 3.45. The van der Waals surface area contributed by atoms with Gasteiger partial charge in [0.15, 0.2) is 0 Å². The van der Waals surface area contributed by atoms with Crippen LogP contribution in [-0.4, -0.2) is 11.1 Å². The Labute approximate surface area is 63.1 Å². The average Bonchev–Trinajstić information content (AvgIpc) is 1.90. The molecular weight excluding hydrogens is 233 g/mol. The van der Waals surface area contributed by atoms with E-state index in [1.54, 1.807) is 18.4 Å². The van der Waals surface area contributed by atoms with Gasteiger partial charge >= 0.3 is 62.8 Å². The molecule has 0 saturated carbocycles. The summed E-state index contributed by atoms with van der Waals surface area (Å²) in [6.07, 6.45) is 5.12. The molecule has 0 aromatic heterocycles. The van der Waals surface area contributed by atoms with Gasteiger partial charge in [0.1, 0.15) is 0 Å². The normalized spacial score (nSPS) is 17.1. The van der Waals surface area contributed by atoms with E-state index in [1.165, 1.54) is 0 Å². The van der Waals surface area contributed by atoms with Gasteiger partial charge in [0.25, 0.3) is 0 Å². The molecule has 1 aliphatic rings. The molecule has 1 heterocycles. The van der Waals surface area contributed by atoms with Crippen molar-refractivity contribution < 1.29 is 9.90 Å². The number of nitrogens with one attached hydrogen (secondary N) is 1. The molecule has 0 aliphatic carbocycles. The van der Waals surface area contributed by atoms with Crippen molar-refractivity contribution in [3.05, 3.63) is 21.9 Å². The first-order chi connectivity index (χ1) is 4.30. The average molecular weight is 239 g/mol. The third kappa shape index (κ3) is 1.70. The summed E-state index contributed by atoms with van der Waals surface area (Å²) in [4.78, 5) is 10.2. The summed E-state index contributed by atoms with van der Waals surface area (Å²) in [6, 6.07) is 0. The van der Waals surface area contributed by atoms with Gasteiger partial charge in [0.2, 0.25) is 0 Å². The summed E-state index contributed by atoms with van der Waals surface area (Å²) in [5.74, 6) is -0.797. The number of carbonyl (C=O) groups is 1. The third-order valence-corrected chi connectivity index (χ3v) is 3.03. The van der Waals surface area contributed by atoms with E-state index >= 15 is 0 Å². The molecule has 2 N–H and O–H groups in total. The van der Waals surface area contributed by atoms with Gasteiger partial charge in [-0.25, -0.2) is 0 Å². The summed E-state index contributed by atoms with van der Waals surface area (Å²) in [5.41, 5.74) is 0. The molecule has 1 aliphatic heterocycles. The number of carboxylic acids is 1. The van der Waals surface area contributed by atoms with Crippen LogP contribution in [0.5, 0.6) is 0 Å². The van der Waals surface area contributed by atoms with Crippen LogP contribution in [0.15, 0.2) is 21.9 Å². The third-order valence-electron chi connectivity index (χ3n) is 0.792. The fraction of sp³-hybridized carbons (Fsp3) is 0. The monoisotopic (exact) mass is 239 g/mol. The van der Waals surface area contributed by atoms with E-state index in [0.717, 1.165) is 0 Å². The van der Waals surface area contributed by atoms with Gasteiger partial charge < -0.3 is 0 Å². The molecule has 0 atom stereocenters. The molecule has 0 spiro atoms. The number of carboxylic acid groups (broad SMARTS) is 1. The van der Waals surface area contributed by atoms with Gasteiger partial charge in [0, 0.05) is 0 Å². The van der Waals surface area contributed by atoms with Crippen molar-refractivity contribution in [2.24, 2.45) is 0 Å². The zero-order chi connectivity index (χ0) is 6.69. The Balaban J connectivity index is 2.68. The molecule has 0 amide bonds. The van der Waals surface area contributed by atoms with Crippen molar-refractivity contribution in [3.8, 4) is 0 Å². The van der Waals surface area contributed by atoms with Gasteiger partial charge in [-0.05, 0) is 0 Å². The van der Waals surface area contributed by atoms with Crippen LogP contribution in [0.2, 0.25) is 0 Å². The zero-order valence-corrected chi connectivity index (χ0v) is 6.83. The summed E-state index contributed by atoms with van der Waals surface area (Å²) in [6.45, 7) is 0. The second-order valence-corrected chi connectivity index (χ2v) is 3.93. The summed E-state index contributed by atoms with van der Waals surface area (Å²) in [7, 11) is 0. The van der Waals surface area contributed by atoms with Gasteiger partial charge in [0.05, 0.1) is 0 Å². The van der Waals surface area contributed by atoms with E-state index in [4.69, 9.17) is 5.11 Å². The Hall–Kier alpha value is -0.520. The van der Waals surface area contributed by atoms with E-state index in [-0.39, 0.29) is 0 Å². The molecule has 0 saturated heterocycles. The number of allylic oxidation sites excluding steroid dienone is 2. The standard InChI is InChI=1S/C5H6INO2/c8-5(9)4-2-1-3-7-6-4/h1-3,6-7H,(H,8,9). The predicted molar refractivity (Wildman–Crippen MR) is 43.4 cm³/mol. The van der Waals surface area contributed by atoms with Crippen LogP contribution < -0.4 is 3.53 Å². The molecule has 9 heavy (non-hydrogen) atoms. The molecule has 4 heteroatoms. The van der Waals surface area contributed by atoms with E-state index in [1.807, 2.05) is 0 Å². The minimum atomic E-state index is -0.797. The van der Waals surface area contributed by atoms with Crippen molar-refractivity contribution in [2.75, 3.05) is 0 Å². The number of halogens is 1. The Morgan fingerprint density at radius 2 is 2.56 bits per heavy atom. The Morgan fingerprint density at radius 3 is 2.89 bits per heavy atom. The Bertz CT molecular complexity index is 185. The topological polar surface area (TPSA) is 49.3 Å². The van der Waals surface area contributed by atoms with Gasteiger partial charge in [-0.2, -0.15) is 0 Å². The number of hydrogen-bond acceptors (Lipinski definition) is 2. The van der Waals surface area contributed by atoms with E-state index < -0.39 is 27.4 Å². The van der Waals surface area contributed by atoms with Crippen LogP contribution in [0.3, 0.4) is 0 Å². The number of rotatable bonds is 1. The summed E-state index contributed by atoms with van der Waals surface area (Å²) in [5, 5.41) is 8.43. The molecular formula is C5H6INO2. The minimum absolute atomic E-state index is 0.530. The first kappa shape index (κ1) is 6.60. The van der Waals surface area contributed by atoms with E-state index in [9.17, 15) is 4.79 Å². The van der Waals surface area contributed by atoms with Crippen LogP contribution >= 0.6 is 21.5 Å². The van der Waals surface area contributed by atoms with E-state index in [0.29, 0.717) is 3.58 Å². The Morgan fingerprint density at radius 1 is 1.78 bits per heavy atom. The van der Waals surface area contributed by atoms with Crippen LogP contribution in [-0.2, 0) is 4.79 Å². The van der Waals surface area contributed by atoms with Crippen molar-refractivity contribution in [2.45, 2.75) is 0 Å². The maximum atomic E-state index is 10.2. The first-order valence-corrected chi connectivity index (χ1v) is 4.66. The Kier molecular flexibility index (Phi) is 2.10. The van der Waals surface area contributed by atoms with Crippen molar-refractivity contribution in [1.82, 2.24) is 3.53 Å². The number of aliphatic carboxylic acids is 1. The van der Waals surface area contributed by atoms with Crippen molar-refractivity contribution in [3.63, 3.8) is 0 Å². The van der Waals surface area contributed by atoms with Crippen LogP contribution in [0.4, 0.5) is 0 Å². The molecule has 1 rings (SSSR count). The second-order valence-electron chi connectivity index (χ2n) is 1.42. The molecule has 0 radical (unpaired) electrons. The molecule has 0 aromatic rings. The maximum absolute atomic E-state index is 10.2. The van der Waals surface area contributed by atoms with Gasteiger partial charge in [-0.15, -0.1) is 0 Å². The van der Waals surface area contributed by atoms with Crippen molar-refractivity contribution in [1.29, 1.82) is 0 Å². The fourth-order valence-corrected chi connectivity index (χ4v) is 1.87. The molecule has 0 fully saturated rings. The quantitative estimate of drug-likeness (QED) is 0.522. The van der Waals surface area contributed by atoms with Crippen LogP contribution in [0, 0.1) is 0 Å². The molecule has 50 valence electrons. The van der Waals surface area contributed by atoms with Crippen molar-refractivity contribution >= 4 is 27.4 Å². The van der Waals surface area contributed by atoms with Crippen LogP contribution in [0.25, 0.3) is 0 Å². The number of hydrogen-bond donors (Lipinski definition) is 2. The molecule has 0 aromatic carbocycles. The molecule has 3 nitrogen and oxygen atoms in total. The summed E-state index contributed by atoms with van der Waals surface area (Å²) >= 11 is -0.628. The molecule has 0 bridgehead atoms.